The van der Waals surface area contributed by atoms with Gasteiger partial charge in [-0.3, -0.25) is 0 Å². The molecule has 0 aromatic carbocycles. The van der Waals surface area contributed by atoms with Crippen molar-refractivity contribution < 1.29 is 5.11 Å². The zero-order valence-electron chi connectivity index (χ0n) is 10.1. The molecule has 0 unspecified atom stereocenters. The van der Waals surface area contributed by atoms with Crippen molar-refractivity contribution in [1.29, 1.82) is 0 Å². The molecule has 3 rings (SSSR count). The van der Waals surface area contributed by atoms with E-state index in [-0.39, 0.29) is 0 Å². The third-order valence-electron chi connectivity index (χ3n) is 3.31. The molecule has 1 aliphatic heterocycles. The van der Waals surface area contributed by atoms with Crippen LogP contribution < -0.4 is 4.90 Å². The fraction of sp³-hybridized carbons (Fsp3) is 0.455. The van der Waals surface area contributed by atoms with Crippen LogP contribution in [0.5, 0.6) is 0 Å². The van der Waals surface area contributed by atoms with E-state index in [0.29, 0.717) is 18.7 Å². The van der Waals surface area contributed by atoms with Crippen LogP contribution in [0.4, 0.5) is 5.82 Å². The van der Waals surface area contributed by atoms with Crippen molar-refractivity contribution in [2.75, 3.05) is 18.0 Å². The van der Waals surface area contributed by atoms with Crippen molar-refractivity contribution >= 4 is 21.7 Å². The standard InChI is InChI=1S/C11H13BrN6O/c12-8-4-13-7-14-10(8)18-3-1-2-11(19,6-18)9-5-15-17-16-9/h4-5,7,19H,1-3,6H2,(H,15,16,17)/t11-/m1/s1. The maximum atomic E-state index is 10.7. The number of piperidine rings is 1. The summed E-state index contributed by atoms with van der Waals surface area (Å²) in [5, 5.41) is 21.0. The minimum absolute atomic E-state index is 0.440. The Morgan fingerprint density at radius 3 is 3.05 bits per heavy atom. The van der Waals surface area contributed by atoms with Gasteiger partial charge >= 0.3 is 0 Å². The van der Waals surface area contributed by atoms with Crippen LogP contribution in [0, 0.1) is 0 Å². The fourth-order valence-electron chi connectivity index (χ4n) is 2.39. The normalized spacial score (nSPS) is 23.6. The van der Waals surface area contributed by atoms with E-state index in [0.717, 1.165) is 23.3 Å². The van der Waals surface area contributed by atoms with Gasteiger partial charge in [0.2, 0.25) is 0 Å². The van der Waals surface area contributed by atoms with Crippen molar-refractivity contribution in [1.82, 2.24) is 25.4 Å². The SMILES string of the molecule is O[C@]1(c2cn[nH]n2)CCCN(c2ncncc2Br)C1. The number of anilines is 1. The number of aromatic nitrogens is 5. The summed E-state index contributed by atoms with van der Waals surface area (Å²) in [5.74, 6) is 0.789. The molecule has 1 aliphatic rings. The summed E-state index contributed by atoms with van der Waals surface area (Å²) in [6, 6.07) is 0. The Balaban J connectivity index is 1.88. The van der Waals surface area contributed by atoms with Crippen molar-refractivity contribution in [2.45, 2.75) is 18.4 Å². The summed E-state index contributed by atoms with van der Waals surface area (Å²) < 4.78 is 0.819. The number of aliphatic hydroxyl groups is 1. The van der Waals surface area contributed by atoms with E-state index in [1.165, 1.54) is 6.33 Å². The molecular formula is C11H13BrN6O. The molecule has 0 bridgehead atoms. The summed E-state index contributed by atoms with van der Waals surface area (Å²) in [5.41, 5.74) is -0.419. The lowest BCUT2D eigenvalue weighted by atomic mass is 9.90. The molecule has 7 nitrogen and oxygen atoms in total. The Morgan fingerprint density at radius 2 is 2.32 bits per heavy atom. The molecule has 0 radical (unpaired) electrons. The first-order chi connectivity index (χ1) is 9.19. The van der Waals surface area contributed by atoms with Crippen molar-refractivity contribution in [3.05, 3.63) is 28.9 Å². The summed E-state index contributed by atoms with van der Waals surface area (Å²) in [7, 11) is 0. The molecule has 1 atom stereocenters. The van der Waals surface area contributed by atoms with Crippen LogP contribution in [0.3, 0.4) is 0 Å². The van der Waals surface area contributed by atoms with Crippen LogP contribution in [-0.2, 0) is 5.60 Å². The van der Waals surface area contributed by atoms with Crippen LogP contribution in [0.1, 0.15) is 18.5 Å². The zero-order chi connectivity index (χ0) is 13.3. The average molecular weight is 325 g/mol. The van der Waals surface area contributed by atoms with Gasteiger partial charge in [0.25, 0.3) is 0 Å². The molecule has 0 spiro atoms. The lowest BCUT2D eigenvalue weighted by molar-refractivity contribution is 0.0174. The van der Waals surface area contributed by atoms with Gasteiger partial charge in [-0.05, 0) is 28.8 Å². The largest absolute Gasteiger partial charge is 0.382 e. The summed E-state index contributed by atoms with van der Waals surface area (Å²) in [6.45, 7) is 1.28. The van der Waals surface area contributed by atoms with E-state index in [9.17, 15) is 5.11 Å². The number of β-amino-alcohol motifs (C(OH)–C–C–N with tert-alkyl or cyclic N) is 1. The molecule has 0 aliphatic carbocycles. The minimum atomic E-state index is -0.990. The van der Waals surface area contributed by atoms with E-state index >= 15 is 0 Å². The first-order valence-electron chi connectivity index (χ1n) is 5.98. The van der Waals surface area contributed by atoms with Gasteiger partial charge in [0, 0.05) is 12.7 Å². The highest BCUT2D eigenvalue weighted by Crippen LogP contribution is 2.33. The van der Waals surface area contributed by atoms with Gasteiger partial charge in [-0.1, -0.05) is 0 Å². The number of rotatable bonds is 2. The summed E-state index contributed by atoms with van der Waals surface area (Å²) >= 11 is 3.44. The molecule has 2 N–H and O–H groups in total. The molecule has 0 saturated carbocycles. The third-order valence-corrected chi connectivity index (χ3v) is 3.87. The molecule has 2 aromatic rings. The summed E-state index contributed by atoms with van der Waals surface area (Å²) in [6.07, 6.45) is 6.30. The Kier molecular flexibility index (Phi) is 3.19. The van der Waals surface area contributed by atoms with Gasteiger partial charge in [0.1, 0.15) is 23.4 Å². The van der Waals surface area contributed by atoms with Crippen LogP contribution >= 0.6 is 15.9 Å². The highest BCUT2D eigenvalue weighted by atomic mass is 79.9. The maximum absolute atomic E-state index is 10.7. The molecule has 19 heavy (non-hydrogen) atoms. The first kappa shape index (κ1) is 12.5. The Labute approximate surface area is 118 Å². The molecule has 3 heterocycles. The Hall–Kier alpha value is -1.54. The van der Waals surface area contributed by atoms with Gasteiger partial charge in [-0.2, -0.15) is 15.4 Å². The molecule has 100 valence electrons. The second-order valence-corrected chi connectivity index (χ2v) is 5.46. The van der Waals surface area contributed by atoms with E-state index < -0.39 is 5.60 Å². The van der Waals surface area contributed by atoms with Crippen molar-refractivity contribution in [3.8, 4) is 0 Å². The zero-order valence-corrected chi connectivity index (χ0v) is 11.7. The van der Waals surface area contributed by atoms with E-state index in [4.69, 9.17) is 0 Å². The van der Waals surface area contributed by atoms with Crippen molar-refractivity contribution in [3.63, 3.8) is 0 Å². The van der Waals surface area contributed by atoms with Gasteiger partial charge < -0.3 is 10.0 Å². The topological polar surface area (TPSA) is 90.8 Å². The lowest BCUT2D eigenvalue weighted by Gasteiger charge is -2.38. The van der Waals surface area contributed by atoms with E-state index in [2.05, 4.69) is 41.3 Å². The molecule has 1 fully saturated rings. The van der Waals surface area contributed by atoms with Crippen LogP contribution in [0.2, 0.25) is 0 Å². The predicted octanol–water partition coefficient (Wildman–Crippen LogP) is 0.845. The number of hydrogen-bond donors (Lipinski definition) is 2. The molecule has 8 heteroatoms. The predicted molar refractivity (Wildman–Crippen MR) is 71.5 cm³/mol. The smallest absolute Gasteiger partial charge is 0.146 e. The lowest BCUT2D eigenvalue weighted by Crippen LogP contribution is -2.47. The average Bonchev–Trinajstić information content (AvgIpc) is 2.94. The second kappa shape index (κ2) is 4.86. The number of nitrogens with one attached hydrogen (secondary N) is 1. The minimum Gasteiger partial charge on any atom is -0.382 e. The van der Waals surface area contributed by atoms with Crippen molar-refractivity contribution in [2.24, 2.45) is 0 Å². The second-order valence-electron chi connectivity index (χ2n) is 4.61. The van der Waals surface area contributed by atoms with E-state index in [1.54, 1.807) is 12.4 Å². The van der Waals surface area contributed by atoms with Crippen LogP contribution in [-0.4, -0.2) is 43.6 Å². The van der Waals surface area contributed by atoms with Crippen LogP contribution in [0.15, 0.2) is 23.2 Å². The highest BCUT2D eigenvalue weighted by molar-refractivity contribution is 9.10. The van der Waals surface area contributed by atoms with Gasteiger partial charge in [0.15, 0.2) is 0 Å². The monoisotopic (exact) mass is 324 g/mol. The quantitative estimate of drug-likeness (QED) is 0.850. The Morgan fingerprint density at radius 1 is 1.42 bits per heavy atom. The molecule has 2 aromatic heterocycles. The number of H-pyrrole nitrogens is 1. The third kappa shape index (κ3) is 2.33. The van der Waals surface area contributed by atoms with Gasteiger partial charge in [-0.25, -0.2) is 9.97 Å². The fourth-order valence-corrected chi connectivity index (χ4v) is 2.86. The summed E-state index contributed by atoms with van der Waals surface area (Å²) in [4.78, 5) is 10.2. The first-order valence-corrected chi connectivity index (χ1v) is 6.77. The highest BCUT2D eigenvalue weighted by Gasteiger charge is 2.38. The molecule has 0 amide bonds. The number of halogens is 1. The Bertz CT molecular complexity index is 562. The number of nitrogens with zero attached hydrogens (tertiary/aromatic N) is 5. The van der Waals surface area contributed by atoms with Gasteiger partial charge in [-0.15, -0.1) is 0 Å². The van der Waals surface area contributed by atoms with Gasteiger partial charge in [0.05, 0.1) is 17.2 Å². The molecule has 1 saturated heterocycles. The molecular weight excluding hydrogens is 312 g/mol. The number of hydrogen-bond acceptors (Lipinski definition) is 6. The van der Waals surface area contributed by atoms with E-state index in [1.807, 2.05) is 4.90 Å². The number of aromatic amines is 1. The van der Waals surface area contributed by atoms with Crippen LogP contribution in [0.25, 0.3) is 0 Å². The maximum Gasteiger partial charge on any atom is 0.146 e.